The molecule has 4 N–H and O–H groups in total. The van der Waals surface area contributed by atoms with Crippen molar-refractivity contribution in [2.45, 2.75) is 13.8 Å². The van der Waals surface area contributed by atoms with Gasteiger partial charge in [0.2, 0.25) is 5.91 Å². The van der Waals surface area contributed by atoms with E-state index in [-0.39, 0.29) is 18.4 Å². The SMILES string of the molecule is CC(C)CNC(=O)CNC(=O)c1ccc(N)nc1. The fraction of sp³-hybridized carbons (Fsp3) is 0.417. The van der Waals surface area contributed by atoms with Crippen molar-refractivity contribution in [3.63, 3.8) is 0 Å². The first kappa shape index (κ1) is 14.0. The van der Waals surface area contributed by atoms with Crippen LogP contribution in [0.3, 0.4) is 0 Å². The Bertz CT molecular complexity index is 415. The normalized spacial score (nSPS) is 10.2. The molecular weight excluding hydrogens is 232 g/mol. The number of nitrogens with one attached hydrogen (secondary N) is 2. The zero-order valence-corrected chi connectivity index (χ0v) is 10.6. The molecule has 0 spiro atoms. The molecule has 98 valence electrons. The molecule has 0 saturated carbocycles. The summed E-state index contributed by atoms with van der Waals surface area (Å²) in [5.74, 6) is 0.176. The van der Waals surface area contributed by atoms with Gasteiger partial charge in [-0.2, -0.15) is 0 Å². The van der Waals surface area contributed by atoms with Crippen molar-refractivity contribution < 1.29 is 9.59 Å². The lowest BCUT2D eigenvalue weighted by atomic mass is 10.2. The van der Waals surface area contributed by atoms with Crippen molar-refractivity contribution in [2.24, 2.45) is 5.92 Å². The van der Waals surface area contributed by atoms with E-state index in [1.54, 1.807) is 6.07 Å². The van der Waals surface area contributed by atoms with Gasteiger partial charge in [-0.25, -0.2) is 4.98 Å². The van der Waals surface area contributed by atoms with E-state index in [0.29, 0.717) is 23.8 Å². The Balaban J connectivity index is 2.37. The van der Waals surface area contributed by atoms with E-state index < -0.39 is 0 Å². The zero-order valence-electron chi connectivity index (χ0n) is 10.6. The lowest BCUT2D eigenvalue weighted by molar-refractivity contribution is -0.120. The lowest BCUT2D eigenvalue weighted by Crippen LogP contribution is -2.38. The second kappa shape index (κ2) is 6.58. The van der Waals surface area contributed by atoms with Crippen LogP contribution < -0.4 is 16.4 Å². The number of carbonyl (C=O) groups is 2. The summed E-state index contributed by atoms with van der Waals surface area (Å²) in [4.78, 5) is 26.8. The monoisotopic (exact) mass is 250 g/mol. The molecule has 0 aliphatic rings. The molecule has 1 heterocycles. The van der Waals surface area contributed by atoms with E-state index in [4.69, 9.17) is 5.73 Å². The number of aromatic nitrogens is 1. The molecule has 0 radical (unpaired) electrons. The fourth-order valence-corrected chi connectivity index (χ4v) is 1.18. The number of amides is 2. The summed E-state index contributed by atoms with van der Waals surface area (Å²) in [5.41, 5.74) is 5.79. The highest BCUT2D eigenvalue weighted by molar-refractivity contribution is 5.96. The number of hydrogen-bond donors (Lipinski definition) is 3. The van der Waals surface area contributed by atoms with Crippen molar-refractivity contribution in [1.29, 1.82) is 0 Å². The van der Waals surface area contributed by atoms with Gasteiger partial charge in [0, 0.05) is 12.7 Å². The van der Waals surface area contributed by atoms with E-state index in [1.165, 1.54) is 12.3 Å². The molecule has 0 unspecified atom stereocenters. The summed E-state index contributed by atoms with van der Waals surface area (Å²) >= 11 is 0. The zero-order chi connectivity index (χ0) is 13.5. The summed E-state index contributed by atoms with van der Waals surface area (Å²) in [6, 6.07) is 3.09. The van der Waals surface area contributed by atoms with Crippen LogP contribution in [0.5, 0.6) is 0 Å². The Morgan fingerprint density at radius 2 is 2.06 bits per heavy atom. The predicted molar refractivity (Wildman–Crippen MR) is 68.8 cm³/mol. The highest BCUT2D eigenvalue weighted by Crippen LogP contribution is 2.00. The molecule has 0 bridgehead atoms. The standard InChI is InChI=1S/C12H18N4O2/c1-8(2)5-15-11(17)7-16-12(18)9-3-4-10(13)14-6-9/h3-4,6,8H,5,7H2,1-2H3,(H2,13,14)(H,15,17)(H,16,18). The average molecular weight is 250 g/mol. The fourth-order valence-electron chi connectivity index (χ4n) is 1.18. The molecule has 6 heteroatoms. The Morgan fingerprint density at radius 1 is 1.33 bits per heavy atom. The van der Waals surface area contributed by atoms with E-state index in [0.717, 1.165) is 0 Å². The Labute approximate surface area is 106 Å². The van der Waals surface area contributed by atoms with Crippen molar-refractivity contribution in [3.8, 4) is 0 Å². The van der Waals surface area contributed by atoms with Gasteiger partial charge in [0.05, 0.1) is 12.1 Å². The Morgan fingerprint density at radius 3 is 2.61 bits per heavy atom. The second-order valence-corrected chi connectivity index (χ2v) is 4.35. The minimum absolute atomic E-state index is 0.0457. The first-order valence-corrected chi connectivity index (χ1v) is 5.75. The minimum Gasteiger partial charge on any atom is -0.384 e. The first-order valence-electron chi connectivity index (χ1n) is 5.75. The number of nitrogens with two attached hydrogens (primary N) is 1. The van der Waals surface area contributed by atoms with Crippen molar-refractivity contribution in [1.82, 2.24) is 15.6 Å². The van der Waals surface area contributed by atoms with Gasteiger partial charge in [0.1, 0.15) is 5.82 Å². The number of hydrogen-bond acceptors (Lipinski definition) is 4. The maximum absolute atomic E-state index is 11.6. The van der Waals surface area contributed by atoms with E-state index in [2.05, 4.69) is 15.6 Å². The van der Waals surface area contributed by atoms with Gasteiger partial charge in [-0.05, 0) is 18.1 Å². The van der Waals surface area contributed by atoms with Crippen LogP contribution in [-0.2, 0) is 4.79 Å². The quantitative estimate of drug-likeness (QED) is 0.693. The minimum atomic E-state index is -0.345. The van der Waals surface area contributed by atoms with Crippen LogP contribution in [0.4, 0.5) is 5.82 Å². The van der Waals surface area contributed by atoms with Crippen LogP contribution in [0.25, 0.3) is 0 Å². The second-order valence-electron chi connectivity index (χ2n) is 4.35. The van der Waals surface area contributed by atoms with Crippen LogP contribution in [0, 0.1) is 5.92 Å². The van der Waals surface area contributed by atoms with E-state index in [9.17, 15) is 9.59 Å². The summed E-state index contributed by atoms with van der Waals surface area (Å²) in [5, 5.41) is 5.22. The van der Waals surface area contributed by atoms with E-state index >= 15 is 0 Å². The topological polar surface area (TPSA) is 97.1 Å². The summed E-state index contributed by atoms with van der Waals surface area (Å²) < 4.78 is 0. The maximum atomic E-state index is 11.6. The van der Waals surface area contributed by atoms with Crippen molar-refractivity contribution in [3.05, 3.63) is 23.9 Å². The summed E-state index contributed by atoms with van der Waals surface area (Å²) in [6.07, 6.45) is 1.37. The number of nitrogens with zero attached hydrogens (tertiary/aromatic N) is 1. The molecule has 1 aromatic rings. The largest absolute Gasteiger partial charge is 0.384 e. The van der Waals surface area contributed by atoms with Crippen molar-refractivity contribution in [2.75, 3.05) is 18.8 Å². The summed E-state index contributed by atoms with van der Waals surface area (Å²) in [7, 11) is 0. The molecule has 0 aliphatic heterocycles. The molecule has 0 aromatic carbocycles. The lowest BCUT2D eigenvalue weighted by Gasteiger charge is -2.08. The van der Waals surface area contributed by atoms with Gasteiger partial charge in [-0.1, -0.05) is 13.8 Å². The van der Waals surface area contributed by atoms with Crippen molar-refractivity contribution >= 4 is 17.6 Å². The third-order valence-electron chi connectivity index (χ3n) is 2.17. The van der Waals surface area contributed by atoms with Crippen LogP contribution in [0.15, 0.2) is 18.3 Å². The smallest absolute Gasteiger partial charge is 0.253 e. The molecule has 0 fully saturated rings. The van der Waals surface area contributed by atoms with Crippen LogP contribution >= 0.6 is 0 Å². The highest BCUT2D eigenvalue weighted by atomic mass is 16.2. The third kappa shape index (κ3) is 4.82. The van der Waals surface area contributed by atoms with Gasteiger partial charge in [-0.3, -0.25) is 9.59 Å². The number of anilines is 1. The number of rotatable bonds is 5. The number of nitrogen functional groups attached to an aromatic ring is 1. The highest BCUT2D eigenvalue weighted by Gasteiger charge is 2.08. The Hall–Kier alpha value is -2.11. The molecule has 1 rings (SSSR count). The van der Waals surface area contributed by atoms with Crippen LogP contribution in [-0.4, -0.2) is 29.9 Å². The van der Waals surface area contributed by atoms with Gasteiger partial charge in [0.25, 0.3) is 5.91 Å². The molecule has 0 atom stereocenters. The molecular formula is C12H18N4O2. The molecule has 0 saturated heterocycles. The van der Waals surface area contributed by atoms with Gasteiger partial charge >= 0.3 is 0 Å². The third-order valence-corrected chi connectivity index (χ3v) is 2.17. The van der Waals surface area contributed by atoms with Gasteiger partial charge in [-0.15, -0.1) is 0 Å². The Kier molecular flexibility index (Phi) is 5.10. The predicted octanol–water partition coefficient (Wildman–Crippen LogP) is 0.166. The average Bonchev–Trinajstić information content (AvgIpc) is 2.34. The molecule has 2 amide bonds. The van der Waals surface area contributed by atoms with Gasteiger partial charge < -0.3 is 16.4 Å². The van der Waals surface area contributed by atoms with E-state index in [1.807, 2.05) is 13.8 Å². The number of carbonyl (C=O) groups excluding carboxylic acids is 2. The molecule has 6 nitrogen and oxygen atoms in total. The van der Waals surface area contributed by atoms with Gasteiger partial charge in [0.15, 0.2) is 0 Å². The molecule has 18 heavy (non-hydrogen) atoms. The summed E-state index contributed by atoms with van der Waals surface area (Å²) in [6.45, 7) is 4.55. The molecule has 0 aliphatic carbocycles. The first-order chi connectivity index (χ1) is 8.49. The molecule has 1 aromatic heterocycles. The maximum Gasteiger partial charge on any atom is 0.253 e. The number of pyridine rings is 1. The van der Waals surface area contributed by atoms with Crippen LogP contribution in [0.1, 0.15) is 24.2 Å². The van der Waals surface area contributed by atoms with Crippen LogP contribution in [0.2, 0.25) is 0 Å².